The molecule has 0 aliphatic rings. The number of pyridine rings is 2. The maximum absolute atomic E-state index is 11.8. The molecular formula is C15H17N3O2S. The summed E-state index contributed by atoms with van der Waals surface area (Å²) >= 11 is 1.57. The average Bonchev–Trinajstić information content (AvgIpc) is 2.54. The Morgan fingerprint density at radius 3 is 3.00 bits per heavy atom. The summed E-state index contributed by atoms with van der Waals surface area (Å²) in [6.07, 6.45) is 5.22. The van der Waals surface area contributed by atoms with Gasteiger partial charge in [0.25, 0.3) is 0 Å². The van der Waals surface area contributed by atoms with Gasteiger partial charge in [-0.15, -0.1) is 11.8 Å². The number of hydrogen-bond donors (Lipinski definition) is 1. The van der Waals surface area contributed by atoms with E-state index in [4.69, 9.17) is 4.74 Å². The van der Waals surface area contributed by atoms with Gasteiger partial charge in [-0.05, 0) is 23.3 Å². The number of carbonyl (C=O) groups excluding carboxylic acids is 1. The van der Waals surface area contributed by atoms with E-state index < -0.39 is 0 Å². The van der Waals surface area contributed by atoms with Crippen molar-refractivity contribution in [3.8, 4) is 5.88 Å². The van der Waals surface area contributed by atoms with Crippen LogP contribution in [-0.2, 0) is 17.1 Å². The molecule has 1 N–H and O–H groups in total. The molecule has 0 atom stereocenters. The second kappa shape index (κ2) is 8.26. The zero-order valence-electron chi connectivity index (χ0n) is 11.8. The van der Waals surface area contributed by atoms with Gasteiger partial charge in [-0.1, -0.05) is 6.07 Å². The summed E-state index contributed by atoms with van der Waals surface area (Å²) in [5.74, 6) is 1.77. The van der Waals surface area contributed by atoms with Crippen LogP contribution in [0.3, 0.4) is 0 Å². The van der Waals surface area contributed by atoms with Crippen LogP contribution in [0.2, 0.25) is 0 Å². The standard InChI is InChI=1S/C15H17N3O2S/c1-20-15-7-12(4-6-17-15)9-18-14(19)11-21-10-13-3-2-5-16-8-13/h2-8H,9-11H2,1H3,(H,18,19). The summed E-state index contributed by atoms with van der Waals surface area (Å²) < 4.78 is 5.04. The number of methoxy groups -OCH3 is 1. The van der Waals surface area contributed by atoms with Crippen LogP contribution in [0, 0.1) is 0 Å². The SMILES string of the molecule is COc1cc(CNC(=O)CSCc2cccnc2)ccn1. The minimum absolute atomic E-state index is 0.0136. The number of nitrogens with zero attached hydrogens (tertiary/aromatic N) is 2. The fourth-order valence-electron chi connectivity index (χ4n) is 1.67. The van der Waals surface area contributed by atoms with E-state index >= 15 is 0 Å². The average molecular weight is 303 g/mol. The lowest BCUT2D eigenvalue weighted by Crippen LogP contribution is -2.24. The van der Waals surface area contributed by atoms with E-state index in [0.717, 1.165) is 16.9 Å². The Bertz CT molecular complexity index is 578. The second-order valence-electron chi connectivity index (χ2n) is 4.34. The topological polar surface area (TPSA) is 64.1 Å². The minimum Gasteiger partial charge on any atom is -0.481 e. The first-order valence-electron chi connectivity index (χ1n) is 6.50. The third kappa shape index (κ3) is 5.43. The normalized spacial score (nSPS) is 10.1. The molecule has 0 bridgehead atoms. The van der Waals surface area contributed by atoms with Crippen molar-refractivity contribution in [3.05, 3.63) is 54.0 Å². The third-order valence-corrected chi connectivity index (χ3v) is 3.73. The highest BCUT2D eigenvalue weighted by molar-refractivity contribution is 7.99. The molecule has 0 aromatic carbocycles. The molecule has 2 aromatic heterocycles. The molecular weight excluding hydrogens is 286 g/mol. The largest absolute Gasteiger partial charge is 0.481 e. The van der Waals surface area contributed by atoms with Crippen LogP contribution in [0.5, 0.6) is 5.88 Å². The molecule has 0 radical (unpaired) electrons. The highest BCUT2D eigenvalue weighted by Gasteiger charge is 2.03. The molecule has 0 saturated carbocycles. The smallest absolute Gasteiger partial charge is 0.230 e. The molecule has 2 rings (SSSR count). The molecule has 0 fully saturated rings. The quantitative estimate of drug-likeness (QED) is 0.848. The Kier molecular flexibility index (Phi) is 6.02. The Morgan fingerprint density at radius 1 is 1.33 bits per heavy atom. The summed E-state index contributed by atoms with van der Waals surface area (Å²) in [5.41, 5.74) is 2.08. The number of thioether (sulfide) groups is 1. The number of ether oxygens (including phenoxy) is 1. The van der Waals surface area contributed by atoms with Gasteiger partial charge in [0.15, 0.2) is 0 Å². The lowest BCUT2D eigenvalue weighted by atomic mass is 10.2. The van der Waals surface area contributed by atoms with E-state index in [-0.39, 0.29) is 5.91 Å². The maximum atomic E-state index is 11.8. The molecule has 110 valence electrons. The summed E-state index contributed by atoms with van der Waals surface area (Å²) in [6.45, 7) is 0.477. The van der Waals surface area contributed by atoms with Crippen LogP contribution in [0.25, 0.3) is 0 Å². The maximum Gasteiger partial charge on any atom is 0.230 e. The zero-order valence-corrected chi connectivity index (χ0v) is 12.6. The first-order chi connectivity index (χ1) is 10.3. The van der Waals surface area contributed by atoms with E-state index in [2.05, 4.69) is 15.3 Å². The third-order valence-electron chi connectivity index (χ3n) is 2.72. The van der Waals surface area contributed by atoms with Gasteiger partial charge in [0.1, 0.15) is 0 Å². The van der Waals surface area contributed by atoms with Crippen molar-refractivity contribution < 1.29 is 9.53 Å². The van der Waals surface area contributed by atoms with Crippen molar-refractivity contribution in [2.75, 3.05) is 12.9 Å². The minimum atomic E-state index is 0.0136. The Hall–Kier alpha value is -2.08. The van der Waals surface area contributed by atoms with Crippen molar-refractivity contribution in [3.63, 3.8) is 0 Å². The van der Waals surface area contributed by atoms with Gasteiger partial charge in [0.05, 0.1) is 12.9 Å². The number of rotatable bonds is 7. The van der Waals surface area contributed by atoms with Crippen molar-refractivity contribution in [2.24, 2.45) is 0 Å². The van der Waals surface area contributed by atoms with Crippen LogP contribution in [-0.4, -0.2) is 28.7 Å². The van der Waals surface area contributed by atoms with E-state index in [1.165, 1.54) is 0 Å². The lowest BCUT2D eigenvalue weighted by molar-refractivity contribution is -0.118. The summed E-state index contributed by atoms with van der Waals surface area (Å²) in [6, 6.07) is 7.56. The molecule has 1 amide bonds. The molecule has 21 heavy (non-hydrogen) atoms. The van der Waals surface area contributed by atoms with Crippen LogP contribution >= 0.6 is 11.8 Å². The fraction of sp³-hybridized carbons (Fsp3) is 0.267. The first-order valence-corrected chi connectivity index (χ1v) is 7.65. The van der Waals surface area contributed by atoms with Gasteiger partial charge in [-0.25, -0.2) is 4.98 Å². The number of amides is 1. The highest BCUT2D eigenvalue weighted by atomic mass is 32.2. The molecule has 2 heterocycles. The van der Waals surface area contributed by atoms with Crippen LogP contribution in [0.1, 0.15) is 11.1 Å². The molecule has 0 aliphatic carbocycles. The van der Waals surface area contributed by atoms with Crippen molar-refractivity contribution in [1.29, 1.82) is 0 Å². The molecule has 5 nitrogen and oxygen atoms in total. The molecule has 6 heteroatoms. The van der Waals surface area contributed by atoms with Crippen molar-refractivity contribution in [1.82, 2.24) is 15.3 Å². The zero-order chi connectivity index (χ0) is 14.9. The summed E-state index contributed by atoms with van der Waals surface area (Å²) in [4.78, 5) is 19.8. The van der Waals surface area contributed by atoms with Crippen LogP contribution in [0.15, 0.2) is 42.9 Å². The molecule has 0 saturated heterocycles. The van der Waals surface area contributed by atoms with Gasteiger partial charge in [0, 0.05) is 37.0 Å². The Labute approximate surface area is 128 Å². The van der Waals surface area contributed by atoms with E-state index in [9.17, 15) is 4.79 Å². The van der Waals surface area contributed by atoms with Crippen LogP contribution < -0.4 is 10.1 Å². The van der Waals surface area contributed by atoms with Crippen LogP contribution in [0.4, 0.5) is 0 Å². The fourth-order valence-corrected chi connectivity index (χ4v) is 2.46. The number of carbonyl (C=O) groups is 1. The predicted molar refractivity (Wildman–Crippen MR) is 83.0 cm³/mol. The summed E-state index contributed by atoms with van der Waals surface area (Å²) in [5, 5.41) is 2.88. The summed E-state index contributed by atoms with van der Waals surface area (Å²) in [7, 11) is 1.57. The van der Waals surface area contributed by atoms with Crippen molar-refractivity contribution in [2.45, 2.75) is 12.3 Å². The van der Waals surface area contributed by atoms with Gasteiger partial charge in [0.2, 0.25) is 11.8 Å². The highest BCUT2D eigenvalue weighted by Crippen LogP contribution is 2.11. The lowest BCUT2D eigenvalue weighted by Gasteiger charge is -2.06. The molecule has 0 unspecified atom stereocenters. The Balaban J connectivity index is 1.70. The van der Waals surface area contributed by atoms with Gasteiger partial charge in [-0.2, -0.15) is 0 Å². The first kappa shape index (κ1) is 15.3. The van der Waals surface area contributed by atoms with Gasteiger partial charge >= 0.3 is 0 Å². The number of hydrogen-bond acceptors (Lipinski definition) is 5. The Morgan fingerprint density at radius 2 is 2.24 bits per heavy atom. The number of nitrogens with one attached hydrogen (secondary N) is 1. The monoisotopic (exact) mass is 303 g/mol. The van der Waals surface area contributed by atoms with Crippen molar-refractivity contribution >= 4 is 17.7 Å². The van der Waals surface area contributed by atoms with Gasteiger partial charge < -0.3 is 10.1 Å². The predicted octanol–water partition coefficient (Wildman–Crippen LogP) is 2.03. The molecule has 0 spiro atoms. The number of aromatic nitrogens is 2. The van der Waals surface area contributed by atoms with E-state index in [1.807, 2.05) is 30.5 Å². The van der Waals surface area contributed by atoms with Gasteiger partial charge in [-0.3, -0.25) is 9.78 Å². The van der Waals surface area contributed by atoms with E-state index in [1.54, 1.807) is 31.3 Å². The second-order valence-corrected chi connectivity index (χ2v) is 5.32. The molecule has 2 aromatic rings. The molecule has 0 aliphatic heterocycles. The van der Waals surface area contributed by atoms with E-state index in [0.29, 0.717) is 18.2 Å².